The molecule has 22 heavy (non-hydrogen) atoms. The molecular formula is C17H26N2O3. The molecule has 1 aliphatic carbocycles. The van der Waals surface area contributed by atoms with E-state index in [2.05, 4.69) is 5.32 Å². The van der Waals surface area contributed by atoms with Crippen LogP contribution in [-0.2, 0) is 0 Å². The highest BCUT2D eigenvalue weighted by Gasteiger charge is 2.25. The molecule has 1 unspecified atom stereocenters. The first-order valence-electron chi connectivity index (χ1n) is 7.92. The molecule has 122 valence electrons. The van der Waals surface area contributed by atoms with Crippen molar-refractivity contribution in [1.29, 1.82) is 0 Å². The lowest BCUT2D eigenvalue weighted by atomic mass is 9.84. The van der Waals surface area contributed by atoms with E-state index in [1.807, 2.05) is 0 Å². The zero-order chi connectivity index (χ0) is 15.9. The summed E-state index contributed by atoms with van der Waals surface area (Å²) in [5.41, 5.74) is 6.39. The van der Waals surface area contributed by atoms with Gasteiger partial charge in [-0.05, 0) is 30.9 Å². The average Bonchev–Trinajstić information content (AvgIpc) is 2.59. The smallest absolute Gasteiger partial charge is 0.255 e. The fourth-order valence-corrected chi connectivity index (χ4v) is 3.14. The second kappa shape index (κ2) is 8.03. The number of hydrogen-bond acceptors (Lipinski definition) is 4. The summed E-state index contributed by atoms with van der Waals surface area (Å²) < 4.78 is 10.5. The van der Waals surface area contributed by atoms with Gasteiger partial charge in [-0.1, -0.05) is 19.3 Å². The van der Waals surface area contributed by atoms with E-state index >= 15 is 0 Å². The number of amides is 1. The fraction of sp³-hybridized carbons (Fsp3) is 0.588. The van der Waals surface area contributed by atoms with Crippen molar-refractivity contribution >= 4 is 5.91 Å². The fourth-order valence-electron chi connectivity index (χ4n) is 3.14. The van der Waals surface area contributed by atoms with E-state index in [0.717, 1.165) is 12.8 Å². The first kappa shape index (κ1) is 16.6. The highest BCUT2D eigenvalue weighted by molar-refractivity contribution is 5.97. The van der Waals surface area contributed by atoms with E-state index in [0.29, 0.717) is 29.5 Å². The van der Waals surface area contributed by atoms with E-state index in [4.69, 9.17) is 15.2 Å². The van der Waals surface area contributed by atoms with Gasteiger partial charge >= 0.3 is 0 Å². The second-order valence-electron chi connectivity index (χ2n) is 5.78. The molecule has 1 aromatic carbocycles. The number of carbonyl (C=O) groups excluding carboxylic acids is 1. The van der Waals surface area contributed by atoms with Crippen molar-refractivity contribution in [1.82, 2.24) is 5.32 Å². The normalized spacial score (nSPS) is 16.9. The number of rotatable bonds is 6. The maximum atomic E-state index is 12.5. The topological polar surface area (TPSA) is 73.6 Å². The summed E-state index contributed by atoms with van der Waals surface area (Å²) in [5, 5.41) is 3.08. The number of benzene rings is 1. The van der Waals surface area contributed by atoms with Gasteiger partial charge in [-0.3, -0.25) is 4.79 Å². The number of hydrogen-bond donors (Lipinski definition) is 2. The maximum Gasteiger partial charge on any atom is 0.255 e. The Morgan fingerprint density at radius 2 is 2.00 bits per heavy atom. The predicted molar refractivity (Wildman–Crippen MR) is 86.4 cm³/mol. The van der Waals surface area contributed by atoms with Crippen LogP contribution in [0.5, 0.6) is 11.5 Å². The molecule has 0 spiro atoms. The third-order valence-corrected chi connectivity index (χ3v) is 4.44. The Morgan fingerprint density at radius 1 is 1.27 bits per heavy atom. The van der Waals surface area contributed by atoms with E-state index in [1.165, 1.54) is 19.3 Å². The van der Waals surface area contributed by atoms with Gasteiger partial charge in [0.25, 0.3) is 5.91 Å². The van der Waals surface area contributed by atoms with Gasteiger partial charge in [0, 0.05) is 18.7 Å². The first-order chi connectivity index (χ1) is 10.7. The van der Waals surface area contributed by atoms with Crippen molar-refractivity contribution in [2.45, 2.75) is 38.1 Å². The molecule has 5 heteroatoms. The monoisotopic (exact) mass is 306 g/mol. The molecule has 0 saturated heterocycles. The maximum absolute atomic E-state index is 12.5. The molecule has 1 aliphatic rings. The molecule has 1 fully saturated rings. The molecule has 2 rings (SSSR count). The molecule has 5 nitrogen and oxygen atoms in total. The van der Waals surface area contributed by atoms with Crippen molar-refractivity contribution in [3.05, 3.63) is 23.8 Å². The second-order valence-corrected chi connectivity index (χ2v) is 5.78. The minimum atomic E-state index is -0.138. The Morgan fingerprint density at radius 3 is 2.59 bits per heavy atom. The van der Waals surface area contributed by atoms with E-state index in [-0.39, 0.29) is 11.9 Å². The Labute approximate surface area is 132 Å². The summed E-state index contributed by atoms with van der Waals surface area (Å²) >= 11 is 0. The number of methoxy groups -OCH3 is 2. The minimum Gasteiger partial charge on any atom is -0.497 e. The minimum absolute atomic E-state index is 0.0274. The van der Waals surface area contributed by atoms with Crippen LogP contribution in [0.4, 0.5) is 0 Å². The molecule has 1 saturated carbocycles. The molecule has 1 aromatic rings. The van der Waals surface area contributed by atoms with Gasteiger partial charge in [0.15, 0.2) is 0 Å². The van der Waals surface area contributed by atoms with Crippen LogP contribution in [0.2, 0.25) is 0 Å². The molecule has 1 amide bonds. The average molecular weight is 306 g/mol. The van der Waals surface area contributed by atoms with Gasteiger partial charge in [0.2, 0.25) is 0 Å². The van der Waals surface area contributed by atoms with E-state index < -0.39 is 0 Å². The Balaban J connectivity index is 2.09. The van der Waals surface area contributed by atoms with Gasteiger partial charge in [-0.2, -0.15) is 0 Å². The number of carbonyl (C=O) groups is 1. The highest BCUT2D eigenvalue weighted by atomic mass is 16.5. The van der Waals surface area contributed by atoms with Gasteiger partial charge in [0.1, 0.15) is 11.5 Å². The predicted octanol–water partition coefficient (Wildman–Crippen LogP) is 2.34. The zero-order valence-electron chi connectivity index (χ0n) is 13.4. The van der Waals surface area contributed by atoms with E-state index in [9.17, 15) is 4.79 Å². The molecule has 0 radical (unpaired) electrons. The van der Waals surface area contributed by atoms with Crippen LogP contribution in [0.25, 0.3) is 0 Å². The zero-order valence-corrected chi connectivity index (χ0v) is 13.4. The van der Waals surface area contributed by atoms with Crippen molar-refractivity contribution in [3.63, 3.8) is 0 Å². The summed E-state index contributed by atoms with van der Waals surface area (Å²) in [4.78, 5) is 12.5. The highest BCUT2D eigenvalue weighted by Crippen LogP contribution is 2.28. The molecule has 0 aliphatic heterocycles. The Bertz CT molecular complexity index is 499. The molecule has 0 aromatic heterocycles. The van der Waals surface area contributed by atoms with Crippen molar-refractivity contribution in [2.24, 2.45) is 11.7 Å². The van der Waals surface area contributed by atoms with Gasteiger partial charge in [-0.15, -0.1) is 0 Å². The largest absolute Gasteiger partial charge is 0.497 e. The Hall–Kier alpha value is -1.75. The molecule has 1 atom stereocenters. The van der Waals surface area contributed by atoms with Gasteiger partial charge < -0.3 is 20.5 Å². The van der Waals surface area contributed by atoms with Gasteiger partial charge in [0.05, 0.1) is 19.8 Å². The van der Waals surface area contributed by atoms with Crippen LogP contribution < -0.4 is 20.5 Å². The molecular weight excluding hydrogens is 280 g/mol. The van der Waals surface area contributed by atoms with Crippen molar-refractivity contribution < 1.29 is 14.3 Å². The summed E-state index contributed by atoms with van der Waals surface area (Å²) in [7, 11) is 3.13. The third-order valence-electron chi connectivity index (χ3n) is 4.44. The van der Waals surface area contributed by atoms with Crippen LogP contribution in [-0.4, -0.2) is 32.7 Å². The first-order valence-corrected chi connectivity index (χ1v) is 7.92. The molecule has 3 N–H and O–H groups in total. The van der Waals surface area contributed by atoms with Crippen molar-refractivity contribution in [2.75, 3.05) is 20.8 Å². The summed E-state index contributed by atoms with van der Waals surface area (Å²) in [6, 6.07) is 5.23. The third kappa shape index (κ3) is 3.91. The molecule has 0 bridgehead atoms. The number of nitrogens with one attached hydrogen (secondary N) is 1. The number of nitrogens with two attached hydrogens (primary N) is 1. The van der Waals surface area contributed by atoms with E-state index in [1.54, 1.807) is 32.4 Å². The van der Waals surface area contributed by atoms with Crippen molar-refractivity contribution in [3.8, 4) is 11.5 Å². The quantitative estimate of drug-likeness (QED) is 0.846. The lowest BCUT2D eigenvalue weighted by Crippen LogP contribution is -2.46. The van der Waals surface area contributed by atoms with Crippen LogP contribution >= 0.6 is 0 Å². The van der Waals surface area contributed by atoms with Gasteiger partial charge in [-0.25, -0.2) is 0 Å². The van der Waals surface area contributed by atoms with Crippen LogP contribution in [0.15, 0.2) is 18.2 Å². The standard InChI is InChI=1S/C17H26N2O3/c1-21-13-8-9-14(16(10-13)22-2)17(20)19-15(11-18)12-6-4-3-5-7-12/h8-10,12,15H,3-7,11,18H2,1-2H3,(H,19,20). The SMILES string of the molecule is COc1ccc(C(=O)NC(CN)C2CCCCC2)c(OC)c1. The number of ether oxygens (including phenoxy) is 2. The summed E-state index contributed by atoms with van der Waals surface area (Å²) in [5.74, 6) is 1.51. The van der Waals surface area contributed by atoms with Crippen LogP contribution in [0.3, 0.4) is 0 Å². The Kier molecular flexibility index (Phi) is 6.07. The van der Waals surface area contributed by atoms with Crippen LogP contribution in [0.1, 0.15) is 42.5 Å². The molecule has 0 heterocycles. The summed E-state index contributed by atoms with van der Waals surface area (Å²) in [6.07, 6.45) is 6.02. The lowest BCUT2D eigenvalue weighted by molar-refractivity contribution is 0.0912. The van der Waals surface area contributed by atoms with Crippen LogP contribution in [0, 0.1) is 5.92 Å². The lowest BCUT2D eigenvalue weighted by Gasteiger charge is -2.30. The summed E-state index contributed by atoms with van der Waals surface area (Å²) in [6.45, 7) is 0.467.